The predicted octanol–water partition coefficient (Wildman–Crippen LogP) is 3.71. The summed E-state index contributed by atoms with van der Waals surface area (Å²) in [6.45, 7) is 5.57. The van der Waals surface area contributed by atoms with E-state index in [-0.39, 0.29) is 18.0 Å². The largest absolute Gasteiger partial charge is 0.404 e. The molecule has 6 N–H and O–H groups in total. The van der Waals surface area contributed by atoms with E-state index in [1.165, 1.54) is 13.2 Å². The highest BCUT2D eigenvalue weighted by atomic mass is 32.1. The van der Waals surface area contributed by atoms with Crippen molar-refractivity contribution in [1.82, 2.24) is 15.1 Å². The number of likely N-dealkylation sites (tertiary alicyclic amines) is 1. The van der Waals surface area contributed by atoms with Gasteiger partial charge in [-0.05, 0) is 69.1 Å². The number of nitrogens with one attached hydrogen (secondary N) is 2. The van der Waals surface area contributed by atoms with Crippen molar-refractivity contribution >= 4 is 46.9 Å². The zero-order valence-electron chi connectivity index (χ0n) is 25.0. The standard InChI is InChI=1S/C26H32N6O2.C3H7NS.CH5N/c1-17-13-19(10-11-20(17)15-29-26(34)31-12-6-7-18(31)2)25(33)32-16-21(14-27)24(28-3)30-22-8-4-5-9-23(22)32;1-4(2)3-5;1-2/h4-5,8-11,13-14,18H,6-7,12,15-16,27H2,1-3H3,(H,28,30)(H,29,34);3H,1-2H3;2H2,1H3/b21-14-;;. The van der Waals surface area contributed by atoms with Crippen LogP contribution in [-0.4, -0.2) is 80.4 Å². The van der Waals surface area contributed by atoms with E-state index in [0.717, 1.165) is 47.5 Å². The fourth-order valence-corrected chi connectivity index (χ4v) is 4.56. The predicted molar refractivity (Wildman–Crippen MR) is 174 cm³/mol. The van der Waals surface area contributed by atoms with Crippen molar-refractivity contribution in [2.24, 2.45) is 16.5 Å². The number of hydrogen-bond acceptors (Lipinski definition) is 6. The van der Waals surface area contributed by atoms with Gasteiger partial charge in [-0.2, -0.15) is 0 Å². The first-order valence-corrected chi connectivity index (χ1v) is 14.1. The number of fused-ring (bicyclic) bond motifs is 1. The van der Waals surface area contributed by atoms with E-state index >= 15 is 0 Å². The number of benzene rings is 2. The molecule has 2 aliphatic rings. The second-order valence-electron chi connectivity index (χ2n) is 9.85. The number of nitrogens with zero attached hydrogens (tertiary/aromatic N) is 4. The number of anilines is 2. The maximum atomic E-state index is 13.6. The maximum Gasteiger partial charge on any atom is 0.317 e. The summed E-state index contributed by atoms with van der Waals surface area (Å²) in [5.74, 6) is 0.510. The molecule has 2 aromatic carbocycles. The molecule has 1 unspecified atom stereocenters. The smallest absolute Gasteiger partial charge is 0.317 e. The van der Waals surface area contributed by atoms with E-state index in [1.807, 2.05) is 73.3 Å². The van der Waals surface area contributed by atoms with Crippen molar-refractivity contribution in [3.63, 3.8) is 0 Å². The fourth-order valence-electron chi connectivity index (χ4n) is 4.56. The number of urea groups is 1. The number of carbonyl (C=O) groups is 2. The highest BCUT2D eigenvalue weighted by Gasteiger charge is 2.27. The SMILES string of the molecule is CN.CN(C)C=S.CN=C1Nc2ccccc2N(C(=O)c2ccc(CNC(=O)N3CCCC3C)c(C)c2)C/C1=C/N. The average molecular weight is 581 g/mol. The number of hydrogen-bond donors (Lipinski definition) is 4. The monoisotopic (exact) mass is 580 g/mol. The van der Waals surface area contributed by atoms with Crippen LogP contribution in [0.3, 0.4) is 0 Å². The van der Waals surface area contributed by atoms with Gasteiger partial charge < -0.3 is 36.8 Å². The van der Waals surface area contributed by atoms with Crippen LogP contribution in [0.15, 0.2) is 59.2 Å². The molecule has 0 aromatic heterocycles. The molecular weight excluding hydrogens is 536 g/mol. The molecule has 3 amide bonds. The average Bonchev–Trinajstić information content (AvgIpc) is 3.35. The minimum atomic E-state index is -0.129. The third-order valence-corrected chi connectivity index (χ3v) is 7.22. The lowest BCUT2D eigenvalue weighted by atomic mass is 10.0. The molecule has 1 fully saturated rings. The van der Waals surface area contributed by atoms with Crippen LogP contribution in [0, 0.1) is 6.92 Å². The van der Waals surface area contributed by atoms with Crippen LogP contribution in [0.2, 0.25) is 0 Å². The van der Waals surface area contributed by atoms with Crippen LogP contribution in [0.25, 0.3) is 0 Å². The molecule has 10 nitrogen and oxygen atoms in total. The number of aryl methyl sites for hydroxylation is 1. The number of thiocarbonyl (C=S) groups is 1. The molecule has 0 saturated carbocycles. The van der Waals surface area contributed by atoms with Gasteiger partial charge >= 0.3 is 6.03 Å². The van der Waals surface area contributed by atoms with Gasteiger partial charge in [-0.25, -0.2) is 4.79 Å². The van der Waals surface area contributed by atoms with Crippen molar-refractivity contribution in [2.45, 2.75) is 39.3 Å². The molecule has 11 heteroatoms. The van der Waals surface area contributed by atoms with Gasteiger partial charge in [-0.3, -0.25) is 9.79 Å². The minimum absolute atomic E-state index is 0.0345. The molecule has 2 aliphatic heterocycles. The van der Waals surface area contributed by atoms with E-state index in [2.05, 4.69) is 40.5 Å². The molecule has 4 rings (SSSR count). The zero-order valence-corrected chi connectivity index (χ0v) is 25.8. The maximum absolute atomic E-state index is 13.6. The summed E-state index contributed by atoms with van der Waals surface area (Å²) in [4.78, 5) is 35.8. The van der Waals surface area contributed by atoms with E-state index < -0.39 is 0 Å². The van der Waals surface area contributed by atoms with E-state index in [9.17, 15) is 9.59 Å². The van der Waals surface area contributed by atoms with Crippen LogP contribution < -0.4 is 27.0 Å². The topological polar surface area (TPSA) is 132 Å². The fraction of sp³-hybridized carbons (Fsp3) is 0.400. The Morgan fingerprint density at radius 2 is 1.90 bits per heavy atom. The first-order valence-electron chi connectivity index (χ1n) is 13.6. The van der Waals surface area contributed by atoms with Crippen molar-refractivity contribution in [3.05, 3.63) is 70.9 Å². The Hall–Kier alpha value is -3.96. The lowest BCUT2D eigenvalue weighted by Gasteiger charge is -2.23. The quantitative estimate of drug-likeness (QED) is 0.405. The van der Waals surface area contributed by atoms with Gasteiger partial charge in [0.2, 0.25) is 0 Å². The lowest BCUT2D eigenvalue weighted by molar-refractivity contribution is 0.0989. The van der Waals surface area contributed by atoms with Crippen LogP contribution in [0.1, 0.15) is 41.3 Å². The third kappa shape index (κ3) is 8.76. The number of aliphatic imine (C=N–C) groups is 1. The lowest BCUT2D eigenvalue weighted by Crippen LogP contribution is -2.41. The Kier molecular flexibility index (Phi) is 13.2. The number of carbonyl (C=O) groups excluding carboxylic acids is 2. The molecule has 0 aliphatic carbocycles. The van der Waals surface area contributed by atoms with Gasteiger partial charge in [0.05, 0.1) is 23.4 Å². The molecular formula is C30H44N8O2S. The number of nitrogens with two attached hydrogens (primary N) is 2. The Balaban J connectivity index is 0.000000759. The summed E-state index contributed by atoms with van der Waals surface area (Å²) < 4.78 is 0. The summed E-state index contributed by atoms with van der Waals surface area (Å²) in [6.07, 6.45) is 3.58. The van der Waals surface area contributed by atoms with Crippen LogP contribution in [0.4, 0.5) is 16.2 Å². The summed E-state index contributed by atoms with van der Waals surface area (Å²) >= 11 is 4.48. The van der Waals surface area contributed by atoms with Crippen LogP contribution >= 0.6 is 12.2 Å². The molecule has 2 aromatic rings. The van der Waals surface area contributed by atoms with Crippen molar-refractivity contribution in [1.29, 1.82) is 0 Å². The van der Waals surface area contributed by atoms with Gasteiger partial charge in [0.1, 0.15) is 5.84 Å². The Morgan fingerprint density at radius 3 is 2.46 bits per heavy atom. The van der Waals surface area contributed by atoms with Crippen molar-refractivity contribution in [3.8, 4) is 0 Å². The molecule has 1 atom stereocenters. The second kappa shape index (κ2) is 16.3. The first kappa shape index (κ1) is 33.2. The molecule has 0 radical (unpaired) electrons. The molecule has 2 heterocycles. The van der Waals surface area contributed by atoms with Gasteiger partial charge in [-0.15, -0.1) is 0 Å². The normalized spacial score (nSPS) is 17.7. The van der Waals surface area contributed by atoms with Crippen molar-refractivity contribution in [2.75, 3.05) is 51.5 Å². The van der Waals surface area contributed by atoms with Crippen LogP contribution in [-0.2, 0) is 6.54 Å². The summed E-state index contributed by atoms with van der Waals surface area (Å²) in [6, 6.07) is 13.5. The van der Waals surface area contributed by atoms with Gasteiger partial charge in [0.25, 0.3) is 5.91 Å². The summed E-state index contributed by atoms with van der Waals surface area (Å²) in [5, 5.41) is 6.30. The molecule has 0 bridgehead atoms. The zero-order chi connectivity index (χ0) is 30.5. The molecule has 222 valence electrons. The minimum Gasteiger partial charge on any atom is -0.404 e. The summed E-state index contributed by atoms with van der Waals surface area (Å²) in [7, 11) is 6.98. The Bertz CT molecular complexity index is 1260. The van der Waals surface area contributed by atoms with Gasteiger partial charge in [0.15, 0.2) is 0 Å². The molecule has 1 saturated heterocycles. The number of amidine groups is 1. The highest BCUT2D eigenvalue weighted by molar-refractivity contribution is 7.78. The summed E-state index contributed by atoms with van der Waals surface area (Å²) in [5.41, 5.74) is 16.8. The van der Waals surface area contributed by atoms with E-state index in [1.54, 1.807) is 17.4 Å². The highest BCUT2D eigenvalue weighted by Crippen LogP contribution is 2.31. The van der Waals surface area contributed by atoms with Gasteiger partial charge in [0, 0.05) is 57.6 Å². The van der Waals surface area contributed by atoms with Crippen molar-refractivity contribution < 1.29 is 9.59 Å². The number of rotatable bonds is 4. The molecule has 41 heavy (non-hydrogen) atoms. The van der Waals surface area contributed by atoms with Gasteiger partial charge in [-0.1, -0.05) is 30.4 Å². The van der Waals surface area contributed by atoms with E-state index in [4.69, 9.17) is 5.73 Å². The molecule has 0 spiro atoms. The Morgan fingerprint density at radius 1 is 1.22 bits per heavy atom. The Labute approximate surface area is 249 Å². The third-order valence-electron chi connectivity index (χ3n) is 6.79. The first-order chi connectivity index (χ1) is 19.7. The van der Waals surface area contributed by atoms with E-state index in [0.29, 0.717) is 24.5 Å². The number of amides is 3. The number of para-hydroxylation sites is 2. The van der Waals surface area contributed by atoms with Crippen LogP contribution in [0.5, 0.6) is 0 Å². The second-order valence-corrected chi connectivity index (χ2v) is 10.1.